The van der Waals surface area contributed by atoms with Crippen LogP contribution in [0.3, 0.4) is 0 Å². The predicted octanol–water partition coefficient (Wildman–Crippen LogP) is 4.02. The highest BCUT2D eigenvalue weighted by molar-refractivity contribution is 8.04. The fraction of sp³-hybridized carbons (Fsp3) is 0.333. The number of amides is 2. The molecule has 156 valence electrons. The fourth-order valence-electron chi connectivity index (χ4n) is 3.65. The third-order valence-electron chi connectivity index (χ3n) is 5.37. The number of rotatable bonds is 6. The summed E-state index contributed by atoms with van der Waals surface area (Å²) in [7, 11) is 0. The molecule has 2 aliphatic rings. The smallest absolute Gasteiger partial charge is 0.265 e. The number of carbonyl (C=O) groups excluding carboxylic acids is 2. The van der Waals surface area contributed by atoms with E-state index >= 15 is 0 Å². The van der Waals surface area contributed by atoms with Crippen LogP contribution in [0.15, 0.2) is 58.3 Å². The number of hydrogen-bond donors (Lipinski definition) is 1. The van der Waals surface area contributed by atoms with Crippen LogP contribution in [0.5, 0.6) is 0 Å². The monoisotopic (exact) mass is 422 g/mol. The van der Waals surface area contributed by atoms with Gasteiger partial charge in [-0.15, -0.1) is 0 Å². The van der Waals surface area contributed by atoms with Gasteiger partial charge in [-0.1, -0.05) is 55.1 Å². The van der Waals surface area contributed by atoms with Crippen molar-refractivity contribution < 1.29 is 14.3 Å². The Hall–Kier alpha value is -2.57. The van der Waals surface area contributed by atoms with Gasteiger partial charge in [0.15, 0.2) is 0 Å². The SMILES string of the molecule is CCc1ccc(/C=C2/Sc3ccccc3N(CC(=O)NCC3CCCO3)C2=O)cc1. The molecular weight excluding hydrogens is 396 g/mol. The molecule has 2 aromatic carbocycles. The molecule has 6 heteroatoms. The first-order valence-corrected chi connectivity index (χ1v) is 11.2. The van der Waals surface area contributed by atoms with Crippen LogP contribution in [0.1, 0.15) is 30.9 Å². The molecule has 0 bridgehead atoms. The van der Waals surface area contributed by atoms with Crippen LogP contribution in [0.4, 0.5) is 5.69 Å². The molecule has 0 saturated carbocycles. The van der Waals surface area contributed by atoms with Gasteiger partial charge in [0.2, 0.25) is 5.91 Å². The Balaban J connectivity index is 1.53. The second-order valence-corrected chi connectivity index (χ2v) is 8.59. The van der Waals surface area contributed by atoms with Gasteiger partial charge < -0.3 is 10.1 Å². The van der Waals surface area contributed by atoms with Gasteiger partial charge in [-0.2, -0.15) is 0 Å². The lowest BCUT2D eigenvalue weighted by Gasteiger charge is -2.30. The number of hydrogen-bond acceptors (Lipinski definition) is 4. The van der Waals surface area contributed by atoms with E-state index in [-0.39, 0.29) is 24.5 Å². The summed E-state index contributed by atoms with van der Waals surface area (Å²) in [5, 5.41) is 2.92. The van der Waals surface area contributed by atoms with Crippen molar-refractivity contribution >= 4 is 35.3 Å². The van der Waals surface area contributed by atoms with E-state index in [0.717, 1.165) is 42.0 Å². The zero-order valence-electron chi connectivity index (χ0n) is 17.1. The number of fused-ring (bicyclic) bond motifs is 1. The summed E-state index contributed by atoms with van der Waals surface area (Å²) in [5.41, 5.74) is 3.01. The molecule has 2 heterocycles. The van der Waals surface area contributed by atoms with Crippen LogP contribution in [-0.4, -0.2) is 37.6 Å². The van der Waals surface area contributed by atoms with E-state index in [0.29, 0.717) is 11.4 Å². The van der Waals surface area contributed by atoms with E-state index in [1.165, 1.54) is 17.3 Å². The average Bonchev–Trinajstić information content (AvgIpc) is 3.29. The zero-order valence-corrected chi connectivity index (χ0v) is 17.9. The summed E-state index contributed by atoms with van der Waals surface area (Å²) in [6.07, 6.45) is 4.96. The molecule has 0 radical (unpaired) electrons. The highest BCUT2D eigenvalue weighted by Gasteiger charge is 2.30. The van der Waals surface area contributed by atoms with Crippen molar-refractivity contribution in [1.29, 1.82) is 0 Å². The highest BCUT2D eigenvalue weighted by Crippen LogP contribution is 2.41. The van der Waals surface area contributed by atoms with Crippen LogP contribution in [0.25, 0.3) is 6.08 Å². The topological polar surface area (TPSA) is 58.6 Å². The van der Waals surface area contributed by atoms with Crippen molar-refractivity contribution in [1.82, 2.24) is 5.32 Å². The van der Waals surface area contributed by atoms with Crippen molar-refractivity contribution in [2.24, 2.45) is 0 Å². The maximum Gasteiger partial charge on any atom is 0.265 e. The minimum atomic E-state index is -0.174. The van der Waals surface area contributed by atoms with Gasteiger partial charge in [0, 0.05) is 18.0 Å². The molecular formula is C24H26N2O3S. The van der Waals surface area contributed by atoms with E-state index in [1.54, 1.807) is 4.90 Å². The van der Waals surface area contributed by atoms with E-state index in [9.17, 15) is 9.59 Å². The third kappa shape index (κ3) is 4.77. The van der Waals surface area contributed by atoms with Crippen molar-refractivity contribution in [3.05, 3.63) is 64.6 Å². The number of nitrogens with zero attached hydrogens (tertiary/aromatic N) is 1. The summed E-state index contributed by atoms with van der Waals surface area (Å²) >= 11 is 1.45. The molecule has 2 aliphatic heterocycles. The zero-order chi connectivity index (χ0) is 20.9. The maximum absolute atomic E-state index is 13.2. The third-order valence-corrected chi connectivity index (χ3v) is 6.45. The van der Waals surface area contributed by atoms with Crippen LogP contribution in [0, 0.1) is 0 Å². The molecule has 5 nitrogen and oxygen atoms in total. The Morgan fingerprint density at radius 2 is 2.03 bits per heavy atom. The van der Waals surface area contributed by atoms with Crippen molar-refractivity contribution in [3.63, 3.8) is 0 Å². The molecule has 1 N–H and O–H groups in total. The van der Waals surface area contributed by atoms with Gasteiger partial charge in [-0.25, -0.2) is 0 Å². The molecule has 1 fully saturated rings. The summed E-state index contributed by atoms with van der Waals surface area (Å²) in [5.74, 6) is -0.322. The quantitative estimate of drug-likeness (QED) is 0.715. The maximum atomic E-state index is 13.2. The average molecular weight is 423 g/mol. The first-order valence-electron chi connectivity index (χ1n) is 10.4. The first kappa shape index (κ1) is 20.7. The van der Waals surface area contributed by atoms with Crippen molar-refractivity contribution in [2.45, 2.75) is 37.2 Å². The number of aryl methyl sites for hydroxylation is 1. The van der Waals surface area contributed by atoms with Gasteiger partial charge in [0.25, 0.3) is 5.91 Å². The lowest BCUT2D eigenvalue weighted by Crippen LogP contribution is -2.44. The molecule has 0 spiro atoms. The number of carbonyl (C=O) groups is 2. The molecule has 0 aromatic heterocycles. The largest absolute Gasteiger partial charge is 0.376 e. The molecule has 2 amide bonds. The predicted molar refractivity (Wildman–Crippen MR) is 120 cm³/mol. The molecule has 1 atom stereocenters. The van der Waals surface area contributed by atoms with E-state index < -0.39 is 0 Å². The van der Waals surface area contributed by atoms with E-state index in [2.05, 4.69) is 24.4 Å². The molecule has 1 unspecified atom stereocenters. The Morgan fingerprint density at radius 3 is 2.77 bits per heavy atom. The Labute approximate surface area is 181 Å². The standard InChI is InChI=1S/C24H26N2O3S/c1-2-17-9-11-18(12-10-17)14-22-24(28)26(20-7-3-4-8-21(20)30-22)16-23(27)25-15-19-6-5-13-29-19/h3-4,7-12,14,19H,2,5-6,13,15-16H2,1H3,(H,25,27)/b22-14+. The lowest BCUT2D eigenvalue weighted by molar-refractivity contribution is -0.122. The van der Waals surface area contributed by atoms with Gasteiger partial charge in [0.05, 0.1) is 16.7 Å². The fourth-order valence-corrected chi connectivity index (χ4v) is 4.71. The summed E-state index contributed by atoms with van der Waals surface area (Å²) in [4.78, 5) is 29.0. The lowest BCUT2D eigenvalue weighted by atomic mass is 10.1. The number of nitrogens with one attached hydrogen (secondary N) is 1. The van der Waals surface area contributed by atoms with Gasteiger partial charge in [-0.3, -0.25) is 14.5 Å². The van der Waals surface area contributed by atoms with E-state index in [1.807, 2.05) is 42.5 Å². The van der Waals surface area contributed by atoms with Crippen LogP contribution in [-0.2, 0) is 20.7 Å². The van der Waals surface area contributed by atoms with Crippen LogP contribution >= 0.6 is 11.8 Å². The van der Waals surface area contributed by atoms with Gasteiger partial charge >= 0.3 is 0 Å². The minimum absolute atomic E-state index is 0.00472. The normalized spacial score (nSPS) is 19.8. The van der Waals surface area contributed by atoms with Crippen molar-refractivity contribution in [2.75, 3.05) is 24.6 Å². The van der Waals surface area contributed by atoms with E-state index in [4.69, 9.17) is 4.74 Å². The number of para-hydroxylation sites is 1. The Bertz CT molecular complexity index is 949. The Morgan fingerprint density at radius 1 is 1.23 bits per heavy atom. The number of ether oxygens (including phenoxy) is 1. The van der Waals surface area contributed by atoms with Crippen LogP contribution in [0.2, 0.25) is 0 Å². The summed E-state index contributed by atoms with van der Waals surface area (Å²) in [6.45, 7) is 3.36. The first-order chi connectivity index (χ1) is 14.6. The van der Waals surface area contributed by atoms with Crippen LogP contribution < -0.4 is 10.2 Å². The summed E-state index contributed by atoms with van der Waals surface area (Å²) < 4.78 is 5.56. The second-order valence-electron chi connectivity index (χ2n) is 7.50. The number of benzene rings is 2. The molecule has 2 aromatic rings. The highest BCUT2D eigenvalue weighted by atomic mass is 32.2. The molecule has 4 rings (SSSR count). The number of thioether (sulfide) groups is 1. The van der Waals surface area contributed by atoms with Crippen molar-refractivity contribution in [3.8, 4) is 0 Å². The second kappa shape index (κ2) is 9.49. The summed E-state index contributed by atoms with van der Waals surface area (Å²) in [6, 6.07) is 15.9. The molecule has 0 aliphatic carbocycles. The molecule has 1 saturated heterocycles. The van der Waals surface area contributed by atoms with Gasteiger partial charge in [-0.05, 0) is 48.6 Å². The minimum Gasteiger partial charge on any atom is -0.376 e. The van der Waals surface area contributed by atoms with Gasteiger partial charge in [0.1, 0.15) is 6.54 Å². The Kier molecular flexibility index (Phi) is 6.55. The number of anilines is 1. The molecule has 30 heavy (non-hydrogen) atoms.